The molecule has 0 N–H and O–H groups in total. The zero-order valence-electron chi connectivity index (χ0n) is 7.58. The molecule has 0 saturated heterocycles. The first kappa shape index (κ1) is 9.65. The third-order valence-corrected chi connectivity index (χ3v) is 2.71. The topological polar surface area (TPSA) is 21.6 Å². The predicted molar refractivity (Wildman–Crippen MR) is 56.3 cm³/mol. The smallest absolute Gasteiger partial charge is 0.246 e. The van der Waals surface area contributed by atoms with Gasteiger partial charge >= 0.3 is 0 Å². The van der Waals surface area contributed by atoms with Gasteiger partial charge in [-0.2, -0.15) is 0 Å². The zero-order valence-corrected chi connectivity index (χ0v) is 9.16. The second kappa shape index (κ2) is 3.35. The molecule has 0 spiro atoms. The Hall–Kier alpha value is -0.900. The van der Waals surface area contributed by atoms with Crippen LogP contribution in [0.15, 0.2) is 29.4 Å². The number of oxime groups is 1. The fourth-order valence-corrected chi connectivity index (χ4v) is 1.85. The van der Waals surface area contributed by atoms with E-state index in [4.69, 9.17) is 4.84 Å². The molecule has 0 amide bonds. The predicted octanol–water partition coefficient (Wildman–Crippen LogP) is 3.11. The third-order valence-electron chi connectivity index (χ3n) is 2.09. The molecule has 4 heteroatoms. The first-order valence-corrected chi connectivity index (χ1v) is 5.03. The number of nitrogens with zero attached hydrogens (tertiary/aromatic N) is 1. The van der Waals surface area contributed by atoms with Gasteiger partial charge in [0.25, 0.3) is 0 Å². The lowest BCUT2D eigenvalue weighted by Gasteiger charge is -2.17. The quantitative estimate of drug-likeness (QED) is 0.709. The maximum Gasteiger partial charge on any atom is 0.246 e. The Morgan fingerprint density at radius 2 is 2.36 bits per heavy atom. The lowest BCUT2D eigenvalue weighted by molar-refractivity contribution is 0.0411. The largest absolute Gasteiger partial charge is 0.383 e. The molecule has 0 aliphatic carbocycles. The minimum absolute atomic E-state index is 0.692. The van der Waals surface area contributed by atoms with Crippen molar-refractivity contribution in [2.45, 2.75) is 17.6 Å². The Labute approximate surface area is 89.9 Å². The van der Waals surface area contributed by atoms with Crippen LogP contribution < -0.4 is 0 Å². The Kier molecular flexibility index (Phi) is 2.31. The van der Waals surface area contributed by atoms with E-state index in [-0.39, 0.29) is 0 Å². The molecule has 74 valence electrons. The standard InChI is InChI=1S/C10H9BrFNO/c1-7-3-2-4-8(5-7)9-10(11,12)6-13-14-9/h2-6,9H,1H3. The summed E-state index contributed by atoms with van der Waals surface area (Å²) in [6.45, 7) is 1.95. The Morgan fingerprint density at radius 1 is 1.57 bits per heavy atom. The molecule has 0 aromatic heterocycles. The van der Waals surface area contributed by atoms with Crippen LogP contribution in [-0.2, 0) is 4.84 Å². The van der Waals surface area contributed by atoms with Crippen molar-refractivity contribution in [1.29, 1.82) is 0 Å². The Balaban J connectivity index is 2.33. The van der Waals surface area contributed by atoms with E-state index in [1.807, 2.05) is 31.2 Å². The lowest BCUT2D eigenvalue weighted by Crippen LogP contribution is -2.21. The molecular weight excluding hydrogens is 249 g/mol. The van der Waals surface area contributed by atoms with Gasteiger partial charge in [0.2, 0.25) is 10.7 Å². The molecule has 0 bridgehead atoms. The molecule has 1 aromatic rings. The van der Waals surface area contributed by atoms with Gasteiger partial charge < -0.3 is 4.84 Å². The number of halogens is 2. The molecule has 2 unspecified atom stereocenters. The van der Waals surface area contributed by atoms with E-state index < -0.39 is 10.7 Å². The molecular formula is C10H9BrFNO. The van der Waals surface area contributed by atoms with Crippen LogP contribution in [0, 0.1) is 6.92 Å². The van der Waals surface area contributed by atoms with Crippen LogP contribution in [0.1, 0.15) is 17.2 Å². The van der Waals surface area contributed by atoms with Crippen molar-refractivity contribution in [2.75, 3.05) is 0 Å². The number of rotatable bonds is 1. The summed E-state index contributed by atoms with van der Waals surface area (Å²) >= 11 is 2.93. The second-order valence-corrected chi connectivity index (χ2v) is 4.52. The van der Waals surface area contributed by atoms with E-state index in [0.29, 0.717) is 0 Å². The number of alkyl halides is 2. The number of hydrogen-bond donors (Lipinski definition) is 0. The van der Waals surface area contributed by atoms with Gasteiger partial charge in [-0.15, -0.1) is 0 Å². The highest BCUT2D eigenvalue weighted by Crippen LogP contribution is 2.40. The van der Waals surface area contributed by atoms with Crippen molar-refractivity contribution in [1.82, 2.24) is 0 Å². The van der Waals surface area contributed by atoms with Gasteiger partial charge in [0.1, 0.15) is 0 Å². The number of hydrogen-bond acceptors (Lipinski definition) is 2. The third kappa shape index (κ3) is 1.66. The summed E-state index contributed by atoms with van der Waals surface area (Å²) in [5.41, 5.74) is 1.85. The maximum atomic E-state index is 13.7. The van der Waals surface area contributed by atoms with Gasteiger partial charge in [0.15, 0.2) is 0 Å². The van der Waals surface area contributed by atoms with Crippen molar-refractivity contribution in [3.05, 3.63) is 35.4 Å². The van der Waals surface area contributed by atoms with Crippen molar-refractivity contribution >= 4 is 22.1 Å². The van der Waals surface area contributed by atoms with Gasteiger partial charge in [-0.05, 0) is 28.4 Å². The molecule has 0 fully saturated rings. The van der Waals surface area contributed by atoms with Crippen LogP contribution in [-0.4, -0.2) is 10.8 Å². The van der Waals surface area contributed by atoms with Crippen LogP contribution in [0.4, 0.5) is 4.39 Å². The van der Waals surface area contributed by atoms with E-state index in [0.717, 1.165) is 17.3 Å². The monoisotopic (exact) mass is 257 g/mol. The molecule has 1 heterocycles. The molecule has 1 aliphatic heterocycles. The molecule has 14 heavy (non-hydrogen) atoms. The van der Waals surface area contributed by atoms with Crippen LogP contribution in [0.2, 0.25) is 0 Å². The summed E-state index contributed by atoms with van der Waals surface area (Å²) in [6, 6.07) is 7.53. The SMILES string of the molecule is Cc1cccc(C2ON=CC2(F)Br)c1. The van der Waals surface area contributed by atoms with Crippen LogP contribution in [0.3, 0.4) is 0 Å². The van der Waals surface area contributed by atoms with E-state index >= 15 is 0 Å². The molecule has 0 radical (unpaired) electrons. The van der Waals surface area contributed by atoms with Gasteiger partial charge in [0.05, 0.1) is 6.21 Å². The van der Waals surface area contributed by atoms with Crippen LogP contribution in [0.5, 0.6) is 0 Å². The maximum absolute atomic E-state index is 13.7. The summed E-state index contributed by atoms with van der Waals surface area (Å²) in [4.78, 5) is 4.96. The highest BCUT2D eigenvalue weighted by atomic mass is 79.9. The molecule has 2 rings (SSSR count). The van der Waals surface area contributed by atoms with E-state index in [1.165, 1.54) is 0 Å². The first-order chi connectivity index (χ1) is 6.59. The van der Waals surface area contributed by atoms with Crippen LogP contribution in [0.25, 0.3) is 0 Å². The summed E-state index contributed by atoms with van der Waals surface area (Å²) in [6.07, 6.45) is 0.433. The molecule has 2 atom stereocenters. The average molecular weight is 258 g/mol. The Bertz CT molecular complexity index is 378. The van der Waals surface area contributed by atoms with Crippen molar-refractivity contribution in [3.8, 4) is 0 Å². The van der Waals surface area contributed by atoms with Crippen LogP contribution >= 0.6 is 15.9 Å². The minimum Gasteiger partial charge on any atom is -0.383 e. The second-order valence-electron chi connectivity index (χ2n) is 3.31. The summed E-state index contributed by atoms with van der Waals surface area (Å²) in [7, 11) is 0. The Morgan fingerprint density at radius 3 is 2.93 bits per heavy atom. The number of benzene rings is 1. The molecule has 1 aliphatic rings. The minimum atomic E-state index is -1.69. The summed E-state index contributed by atoms with van der Waals surface area (Å²) in [5.74, 6) is 0. The average Bonchev–Trinajstić information content (AvgIpc) is 2.45. The van der Waals surface area contributed by atoms with Crippen molar-refractivity contribution in [3.63, 3.8) is 0 Å². The first-order valence-electron chi connectivity index (χ1n) is 4.24. The molecule has 2 nitrogen and oxygen atoms in total. The van der Waals surface area contributed by atoms with E-state index in [2.05, 4.69) is 21.1 Å². The molecule has 0 saturated carbocycles. The zero-order chi connectivity index (χ0) is 10.2. The van der Waals surface area contributed by atoms with Gasteiger partial charge in [-0.3, -0.25) is 0 Å². The van der Waals surface area contributed by atoms with E-state index in [9.17, 15) is 4.39 Å². The van der Waals surface area contributed by atoms with Crippen molar-refractivity contribution in [2.24, 2.45) is 5.16 Å². The van der Waals surface area contributed by atoms with E-state index in [1.54, 1.807) is 0 Å². The van der Waals surface area contributed by atoms with Gasteiger partial charge in [-0.25, -0.2) is 4.39 Å². The highest BCUT2D eigenvalue weighted by Gasteiger charge is 2.42. The lowest BCUT2D eigenvalue weighted by atomic mass is 10.0. The normalized spacial score (nSPS) is 30.4. The van der Waals surface area contributed by atoms with Gasteiger partial charge in [-0.1, -0.05) is 35.0 Å². The summed E-state index contributed by atoms with van der Waals surface area (Å²) in [5, 5.41) is 3.48. The highest BCUT2D eigenvalue weighted by molar-refractivity contribution is 9.10. The van der Waals surface area contributed by atoms with Gasteiger partial charge in [0, 0.05) is 0 Å². The number of aryl methyl sites for hydroxylation is 1. The summed E-state index contributed by atoms with van der Waals surface area (Å²) < 4.78 is 12.0. The fourth-order valence-electron chi connectivity index (χ4n) is 1.42. The fraction of sp³-hybridized carbons (Fsp3) is 0.300. The molecule has 1 aromatic carbocycles. The van der Waals surface area contributed by atoms with Crippen molar-refractivity contribution < 1.29 is 9.23 Å².